The summed E-state index contributed by atoms with van der Waals surface area (Å²) < 4.78 is 0. The van der Waals surface area contributed by atoms with Gasteiger partial charge in [-0.25, -0.2) is 0 Å². The van der Waals surface area contributed by atoms with E-state index >= 15 is 0 Å². The van der Waals surface area contributed by atoms with Crippen molar-refractivity contribution in [1.82, 2.24) is 4.90 Å². The van der Waals surface area contributed by atoms with Gasteiger partial charge in [-0.05, 0) is 37.9 Å². The van der Waals surface area contributed by atoms with Crippen LogP contribution in [0.25, 0.3) is 0 Å². The SMILES string of the molecule is CCC1CCCN1CCNc1ccccc1Cl. The minimum Gasteiger partial charge on any atom is -0.383 e. The molecule has 1 aromatic carbocycles. The fourth-order valence-electron chi connectivity index (χ4n) is 2.59. The molecule has 1 heterocycles. The van der Waals surface area contributed by atoms with Gasteiger partial charge >= 0.3 is 0 Å². The van der Waals surface area contributed by atoms with E-state index in [4.69, 9.17) is 11.6 Å². The molecule has 0 saturated carbocycles. The lowest BCUT2D eigenvalue weighted by Crippen LogP contribution is -2.33. The van der Waals surface area contributed by atoms with Crippen molar-refractivity contribution >= 4 is 17.3 Å². The third-order valence-electron chi connectivity index (χ3n) is 3.56. The average molecular weight is 253 g/mol. The van der Waals surface area contributed by atoms with Gasteiger partial charge in [0.25, 0.3) is 0 Å². The summed E-state index contributed by atoms with van der Waals surface area (Å²) in [5.74, 6) is 0. The number of hydrogen-bond acceptors (Lipinski definition) is 2. The molecule has 1 aliphatic heterocycles. The van der Waals surface area contributed by atoms with Gasteiger partial charge < -0.3 is 5.32 Å². The molecule has 2 rings (SSSR count). The van der Waals surface area contributed by atoms with Crippen LogP contribution in [-0.2, 0) is 0 Å². The third kappa shape index (κ3) is 3.36. The van der Waals surface area contributed by atoms with Crippen LogP contribution in [0.5, 0.6) is 0 Å². The quantitative estimate of drug-likeness (QED) is 0.861. The van der Waals surface area contributed by atoms with Crippen LogP contribution in [0.2, 0.25) is 5.02 Å². The second kappa shape index (κ2) is 6.27. The van der Waals surface area contributed by atoms with Gasteiger partial charge in [-0.1, -0.05) is 30.7 Å². The van der Waals surface area contributed by atoms with Gasteiger partial charge in [-0.3, -0.25) is 4.90 Å². The van der Waals surface area contributed by atoms with Crippen molar-refractivity contribution in [1.29, 1.82) is 0 Å². The Bertz CT molecular complexity index is 354. The molecule has 0 aromatic heterocycles. The van der Waals surface area contributed by atoms with Gasteiger partial charge in [0.2, 0.25) is 0 Å². The van der Waals surface area contributed by atoms with Crippen LogP contribution >= 0.6 is 11.6 Å². The summed E-state index contributed by atoms with van der Waals surface area (Å²) in [6.07, 6.45) is 3.99. The van der Waals surface area contributed by atoms with Crippen LogP contribution in [0, 0.1) is 0 Å². The number of nitrogens with one attached hydrogen (secondary N) is 1. The molecule has 0 aliphatic carbocycles. The molecule has 0 spiro atoms. The number of para-hydroxylation sites is 1. The lowest BCUT2D eigenvalue weighted by Gasteiger charge is -2.23. The topological polar surface area (TPSA) is 15.3 Å². The molecule has 1 aromatic rings. The number of nitrogens with zero attached hydrogens (tertiary/aromatic N) is 1. The van der Waals surface area contributed by atoms with Crippen LogP contribution in [-0.4, -0.2) is 30.6 Å². The first-order valence-electron chi connectivity index (χ1n) is 6.53. The number of halogens is 1. The Kier molecular flexibility index (Phi) is 4.69. The predicted molar refractivity (Wildman–Crippen MR) is 74.8 cm³/mol. The van der Waals surface area contributed by atoms with Gasteiger partial charge in [0, 0.05) is 19.1 Å². The van der Waals surface area contributed by atoms with E-state index in [1.54, 1.807) is 0 Å². The van der Waals surface area contributed by atoms with Crippen molar-refractivity contribution < 1.29 is 0 Å². The Hall–Kier alpha value is -0.730. The van der Waals surface area contributed by atoms with E-state index < -0.39 is 0 Å². The minimum absolute atomic E-state index is 0.794. The van der Waals surface area contributed by atoms with Gasteiger partial charge in [-0.15, -0.1) is 0 Å². The van der Waals surface area contributed by atoms with E-state index in [1.165, 1.54) is 25.8 Å². The number of benzene rings is 1. The van der Waals surface area contributed by atoms with E-state index in [1.807, 2.05) is 24.3 Å². The summed E-state index contributed by atoms with van der Waals surface area (Å²) >= 11 is 6.10. The van der Waals surface area contributed by atoms with E-state index in [0.29, 0.717) is 0 Å². The van der Waals surface area contributed by atoms with Crippen LogP contribution in [0.4, 0.5) is 5.69 Å². The maximum Gasteiger partial charge on any atom is 0.0637 e. The summed E-state index contributed by atoms with van der Waals surface area (Å²) in [7, 11) is 0. The van der Waals surface area contributed by atoms with Crippen molar-refractivity contribution in [2.24, 2.45) is 0 Å². The van der Waals surface area contributed by atoms with Gasteiger partial charge in [0.15, 0.2) is 0 Å². The van der Waals surface area contributed by atoms with Crippen LogP contribution in [0.3, 0.4) is 0 Å². The Labute approximate surface area is 109 Å². The smallest absolute Gasteiger partial charge is 0.0637 e. The molecule has 0 amide bonds. The highest BCUT2D eigenvalue weighted by Gasteiger charge is 2.21. The summed E-state index contributed by atoms with van der Waals surface area (Å²) in [5, 5.41) is 4.22. The van der Waals surface area contributed by atoms with E-state index in [2.05, 4.69) is 17.1 Å². The highest BCUT2D eigenvalue weighted by molar-refractivity contribution is 6.33. The summed E-state index contributed by atoms with van der Waals surface area (Å²) in [6, 6.07) is 8.72. The normalized spacial score (nSPS) is 20.7. The van der Waals surface area contributed by atoms with Crippen LogP contribution in [0.15, 0.2) is 24.3 Å². The maximum atomic E-state index is 6.10. The molecule has 0 bridgehead atoms. The lowest BCUT2D eigenvalue weighted by atomic mass is 10.2. The molecular weight excluding hydrogens is 232 g/mol. The van der Waals surface area contributed by atoms with E-state index in [9.17, 15) is 0 Å². The first-order valence-corrected chi connectivity index (χ1v) is 6.91. The van der Waals surface area contributed by atoms with Crippen molar-refractivity contribution in [2.75, 3.05) is 25.0 Å². The number of rotatable bonds is 5. The Morgan fingerprint density at radius 3 is 3.00 bits per heavy atom. The predicted octanol–water partition coefficient (Wildman–Crippen LogP) is 3.63. The molecule has 0 radical (unpaired) electrons. The molecule has 3 heteroatoms. The molecule has 1 atom stereocenters. The molecule has 1 unspecified atom stereocenters. The highest BCUT2D eigenvalue weighted by atomic mass is 35.5. The second-order valence-electron chi connectivity index (χ2n) is 4.65. The fourth-order valence-corrected chi connectivity index (χ4v) is 2.79. The number of likely N-dealkylation sites (tertiary alicyclic amines) is 1. The molecule has 17 heavy (non-hydrogen) atoms. The molecule has 1 N–H and O–H groups in total. The molecule has 1 aliphatic rings. The zero-order valence-corrected chi connectivity index (χ0v) is 11.2. The fraction of sp³-hybridized carbons (Fsp3) is 0.571. The van der Waals surface area contributed by atoms with Crippen molar-refractivity contribution in [3.05, 3.63) is 29.3 Å². The van der Waals surface area contributed by atoms with Gasteiger partial charge in [-0.2, -0.15) is 0 Å². The Morgan fingerprint density at radius 1 is 1.41 bits per heavy atom. The zero-order chi connectivity index (χ0) is 12.1. The van der Waals surface area contributed by atoms with Crippen LogP contribution < -0.4 is 5.32 Å². The minimum atomic E-state index is 0.794. The maximum absolute atomic E-state index is 6.10. The highest BCUT2D eigenvalue weighted by Crippen LogP contribution is 2.21. The Morgan fingerprint density at radius 2 is 2.24 bits per heavy atom. The third-order valence-corrected chi connectivity index (χ3v) is 3.89. The Balaban J connectivity index is 1.78. The molecule has 94 valence electrons. The summed E-state index contributed by atoms with van der Waals surface area (Å²) in [4.78, 5) is 2.59. The monoisotopic (exact) mass is 252 g/mol. The second-order valence-corrected chi connectivity index (χ2v) is 5.05. The summed E-state index contributed by atoms with van der Waals surface area (Å²) in [6.45, 7) is 5.62. The molecule has 1 fully saturated rings. The van der Waals surface area contributed by atoms with Gasteiger partial charge in [0.1, 0.15) is 0 Å². The van der Waals surface area contributed by atoms with Crippen LogP contribution in [0.1, 0.15) is 26.2 Å². The molecule has 2 nitrogen and oxygen atoms in total. The van der Waals surface area contributed by atoms with Gasteiger partial charge in [0.05, 0.1) is 10.7 Å². The standard InChI is InChI=1S/C14H21ClN2/c1-2-12-6-5-10-17(12)11-9-16-14-8-4-3-7-13(14)15/h3-4,7-8,12,16H,2,5-6,9-11H2,1H3. The van der Waals surface area contributed by atoms with E-state index in [-0.39, 0.29) is 0 Å². The zero-order valence-electron chi connectivity index (χ0n) is 10.5. The first kappa shape index (κ1) is 12.7. The van der Waals surface area contributed by atoms with Crippen molar-refractivity contribution in [3.8, 4) is 0 Å². The molecular formula is C14H21ClN2. The van der Waals surface area contributed by atoms with Crippen molar-refractivity contribution in [2.45, 2.75) is 32.2 Å². The summed E-state index contributed by atoms with van der Waals surface area (Å²) in [5.41, 5.74) is 1.04. The lowest BCUT2D eigenvalue weighted by molar-refractivity contribution is 0.258. The van der Waals surface area contributed by atoms with E-state index in [0.717, 1.165) is 29.8 Å². The van der Waals surface area contributed by atoms with Crippen molar-refractivity contribution in [3.63, 3.8) is 0 Å². The average Bonchev–Trinajstić information content (AvgIpc) is 2.79. The number of anilines is 1. The largest absolute Gasteiger partial charge is 0.383 e. The number of hydrogen-bond donors (Lipinski definition) is 1. The first-order chi connectivity index (χ1) is 8.31. The molecule has 1 saturated heterocycles.